The van der Waals surface area contributed by atoms with Crippen LogP contribution in [0.1, 0.15) is 0 Å². The second-order valence-corrected chi connectivity index (χ2v) is 4.00. The van der Waals surface area contributed by atoms with Gasteiger partial charge >= 0.3 is 5.69 Å². The Kier molecular flexibility index (Phi) is 2.50. The van der Waals surface area contributed by atoms with Crippen molar-refractivity contribution in [3.05, 3.63) is 42.0 Å². The van der Waals surface area contributed by atoms with Crippen molar-refractivity contribution in [3.8, 4) is 0 Å². The number of benzene rings is 1. The summed E-state index contributed by atoms with van der Waals surface area (Å²) in [6.45, 7) is 0. The van der Waals surface area contributed by atoms with E-state index in [9.17, 15) is 9.59 Å². The molecule has 78 valence electrons. The third-order valence-electron chi connectivity index (χ3n) is 1.86. The fourth-order valence-electron chi connectivity index (χ4n) is 1.25. The molecule has 2 aromatic rings. The number of aromatic amines is 2. The van der Waals surface area contributed by atoms with Crippen LogP contribution in [0.2, 0.25) is 15.1 Å². The van der Waals surface area contributed by atoms with Crippen LogP contribution in [0.25, 0.3) is 10.9 Å². The van der Waals surface area contributed by atoms with Gasteiger partial charge in [0.05, 0.1) is 26.0 Å². The summed E-state index contributed by atoms with van der Waals surface area (Å²) in [4.78, 5) is 26.9. The van der Waals surface area contributed by atoms with E-state index in [0.29, 0.717) is 0 Å². The van der Waals surface area contributed by atoms with Gasteiger partial charge in [0.1, 0.15) is 0 Å². The van der Waals surface area contributed by atoms with Gasteiger partial charge in [0.25, 0.3) is 5.56 Å². The molecular weight excluding hydrogens is 262 g/mol. The van der Waals surface area contributed by atoms with Crippen LogP contribution in [0.4, 0.5) is 0 Å². The molecule has 0 spiro atoms. The summed E-state index contributed by atoms with van der Waals surface area (Å²) in [5.74, 6) is 0. The van der Waals surface area contributed by atoms with Crippen molar-refractivity contribution in [1.29, 1.82) is 0 Å². The third kappa shape index (κ3) is 1.65. The van der Waals surface area contributed by atoms with Gasteiger partial charge in [0, 0.05) is 0 Å². The first-order valence-electron chi connectivity index (χ1n) is 3.80. The molecule has 15 heavy (non-hydrogen) atoms. The summed E-state index contributed by atoms with van der Waals surface area (Å²) in [5.41, 5.74) is -1.12. The van der Waals surface area contributed by atoms with Crippen LogP contribution in [-0.2, 0) is 0 Å². The number of hydrogen-bond acceptors (Lipinski definition) is 2. The van der Waals surface area contributed by atoms with E-state index in [4.69, 9.17) is 34.8 Å². The molecule has 0 amide bonds. The lowest BCUT2D eigenvalue weighted by Gasteiger charge is -2.03. The van der Waals surface area contributed by atoms with Crippen LogP contribution >= 0.6 is 34.8 Å². The molecule has 4 nitrogen and oxygen atoms in total. The standard InChI is InChI=1S/C8H3Cl3N2O2/c9-2-1-3(10)5(11)6-4(2)7(14)13-8(15)12-6/h1H,(H2,12,13,14,15). The predicted molar refractivity (Wildman–Crippen MR) is 60.2 cm³/mol. The van der Waals surface area contributed by atoms with Gasteiger partial charge in [-0.25, -0.2) is 4.79 Å². The molecule has 0 bridgehead atoms. The van der Waals surface area contributed by atoms with Crippen LogP contribution in [0.5, 0.6) is 0 Å². The zero-order valence-electron chi connectivity index (χ0n) is 7.03. The molecule has 0 aliphatic rings. The van der Waals surface area contributed by atoms with E-state index in [1.807, 2.05) is 4.98 Å². The van der Waals surface area contributed by atoms with Crippen LogP contribution in [0.3, 0.4) is 0 Å². The molecule has 1 aromatic heterocycles. The smallest absolute Gasteiger partial charge is 0.305 e. The minimum absolute atomic E-state index is 0.0965. The van der Waals surface area contributed by atoms with E-state index >= 15 is 0 Å². The highest BCUT2D eigenvalue weighted by atomic mass is 35.5. The first-order chi connectivity index (χ1) is 7.00. The summed E-state index contributed by atoms with van der Waals surface area (Å²) >= 11 is 17.4. The molecule has 0 unspecified atom stereocenters. The zero-order chi connectivity index (χ0) is 11.2. The van der Waals surface area contributed by atoms with E-state index in [1.54, 1.807) is 0 Å². The highest BCUT2D eigenvalue weighted by Gasteiger charge is 2.12. The average Bonchev–Trinajstić information content (AvgIpc) is 2.12. The molecule has 0 saturated heterocycles. The molecule has 2 rings (SSSR count). The van der Waals surface area contributed by atoms with Crippen LogP contribution < -0.4 is 11.2 Å². The van der Waals surface area contributed by atoms with Gasteiger partial charge in [-0.15, -0.1) is 0 Å². The lowest BCUT2D eigenvalue weighted by molar-refractivity contribution is 1.08. The lowest BCUT2D eigenvalue weighted by Crippen LogP contribution is -2.22. The Hall–Kier alpha value is -0.970. The molecule has 7 heteroatoms. The summed E-state index contributed by atoms with van der Waals surface area (Å²) in [6.07, 6.45) is 0. The Bertz CT molecular complexity index is 659. The summed E-state index contributed by atoms with van der Waals surface area (Å²) in [7, 11) is 0. The number of nitrogens with one attached hydrogen (secondary N) is 2. The van der Waals surface area contributed by atoms with Gasteiger partial charge in [-0.2, -0.15) is 0 Å². The first-order valence-corrected chi connectivity index (χ1v) is 4.94. The monoisotopic (exact) mass is 264 g/mol. The molecule has 0 atom stereocenters. The molecule has 1 aromatic carbocycles. The van der Waals surface area contributed by atoms with Crippen LogP contribution in [0.15, 0.2) is 15.7 Å². The minimum atomic E-state index is -0.660. The number of fused-ring (bicyclic) bond motifs is 1. The van der Waals surface area contributed by atoms with E-state index in [2.05, 4.69) is 4.98 Å². The number of aromatic nitrogens is 2. The maximum Gasteiger partial charge on any atom is 0.326 e. The Labute approximate surface area is 97.8 Å². The summed E-state index contributed by atoms with van der Waals surface area (Å²) in [5, 5.41) is 0.525. The second kappa shape index (κ2) is 3.56. The summed E-state index contributed by atoms with van der Waals surface area (Å²) < 4.78 is 0. The minimum Gasteiger partial charge on any atom is -0.305 e. The quantitative estimate of drug-likeness (QED) is 0.717. The Balaban J connectivity index is 3.17. The zero-order valence-corrected chi connectivity index (χ0v) is 9.30. The van der Waals surface area contributed by atoms with Crippen molar-refractivity contribution >= 4 is 45.7 Å². The fraction of sp³-hybridized carbons (Fsp3) is 0. The number of halogens is 3. The van der Waals surface area contributed by atoms with Gasteiger partial charge in [-0.3, -0.25) is 9.78 Å². The largest absolute Gasteiger partial charge is 0.326 e. The van der Waals surface area contributed by atoms with Crippen molar-refractivity contribution in [2.45, 2.75) is 0 Å². The van der Waals surface area contributed by atoms with Gasteiger partial charge in [0.15, 0.2) is 0 Å². The molecule has 0 aliphatic heterocycles. The topological polar surface area (TPSA) is 65.7 Å². The van der Waals surface area contributed by atoms with Crippen molar-refractivity contribution in [3.63, 3.8) is 0 Å². The van der Waals surface area contributed by atoms with Crippen molar-refractivity contribution in [2.75, 3.05) is 0 Å². The SMILES string of the molecule is O=c1[nH]c(=O)c2c(Cl)cc(Cl)c(Cl)c2[nH]1. The maximum atomic E-state index is 11.4. The van der Waals surface area contributed by atoms with Crippen LogP contribution in [0, 0.1) is 0 Å². The number of rotatable bonds is 0. The Morgan fingerprint density at radius 1 is 1.00 bits per heavy atom. The van der Waals surface area contributed by atoms with E-state index in [-0.39, 0.29) is 26.0 Å². The highest BCUT2D eigenvalue weighted by molar-refractivity contribution is 6.47. The summed E-state index contributed by atoms with van der Waals surface area (Å²) in [6, 6.07) is 1.35. The Morgan fingerprint density at radius 3 is 2.33 bits per heavy atom. The van der Waals surface area contributed by atoms with E-state index < -0.39 is 11.2 Å². The third-order valence-corrected chi connectivity index (χ3v) is 2.95. The van der Waals surface area contributed by atoms with Crippen LogP contribution in [-0.4, -0.2) is 9.97 Å². The molecule has 0 saturated carbocycles. The molecule has 2 N–H and O–H groups in total. The predicted octanol–water partition coefficient (Wildman–Crippen LogP) is 2.18. The van der Waals surface area contributed by atoms with E-state index in [1.165, 1.54) is 6.07 Å². The average molecular weight is 265 g/mol. The van der Waals surface area contributed by atoms with E-state index in [0.717, 1.165) is 0 Å². The number of H-pyrrole nitrogens is 2. The van der Waals surface area contributed by atoms with Gasteiger partial charge < -0.3 is 4.98 Å². The fourth-order valence-corrected chi connectivity index (χ4v) is 1.99. The molecule has 0 radical (unpaired) electrons. The highest BCUT2D eigenvalue weighted by Crippen LogP contribution is 2.32. The molecule has 0 aliphatic carbocycles. The van der Waals surface area contributed by atoms with Gasteiger partial charge in [-0.1, -0.05) is 34.8 Å². The first kappa shape index (κ1) is 10.5. The maximum absolute atomic E-state index is 11.4. The molecular formula is C8H3Cl3N2O2. The van der Waals surface area contributed by atoms with Gasteiger partial charge in [0.2, 0.25) is 0 Å². The molecule has 1 heterocycles. The lowest BCUT2D eigenvalue weighted by atomic mass is 10.2. The molecule has 0 fully saturated rings. The van der Waals surface area contributed by atoms with Crippen molar-refractivity contribution in [1.82, 2.24) is 9.97 Å². The van der Waals surface area contributed by atoms with Crippen molar-refractivity contribution in [2.24, 2.45) is 0 Å². The van der Waals surface area contributed by atoms with Gasteiger partial charge in [-0.05, 0) is 6.07 Å². The van der Waals surface area contributed by atoms with Crippen molar-refractivity contribution < 1.29 is 0 Å². The second-order valence-electron chi connectivity index (χ2n) is 2.81. The normalized spacial score (nSPS) is 10.9. The number of hydrogen-bond donors (Lipinski definition) is 2. The Morgan fingerprint density at radius 2 is 1.67 bits per heavy atom.